The molecule has 2 aromatic rings. The van der Waals surface area contributed by atoms with Crippen molar-refractivity contribution < 1.29 is 0 Å². The minimum absolute atomic E-state index is 0.189. The standard InChI is InChI=1S/C9H8ClN5/c1-5-13-8(15-9(11)14-5)7-3-2-6(10)4-12-7/h2-4H,1H3,(H2,11,13,14,15). The first-order valence-electron chi connectivity index (χ1n) is 4.25. The van der Waals surface area contributed by atoms with Crippen molar-refractivity contribution in [3.05, 3.63) is 29.2 Å². The van der Waals surface area contributed by atoms with E-state index in [1.165, 1.54) is 6.20 Å². The lowest BCUT2D eigenvalue weighted by molar-refractivity contribution is 0.988. The van der Waals surface area contributed by atoms with Gasteiger partial charge in [-0.3, -0.25) is 4.98 Å². The Labute approximate surface area is 91.4 Å². The van der Waals surface area contributed by atoms with Crippen molar-refractivity contribution in [2.24, 2.45) is 0 Å². The lowest BCUT2D eigenvalue weighted by atomic mass is 10.3. The highest BCUT2D eigenvalue weighted by molar-refractivity contribution is 6.30. The Morgan fingerprint density at radius 1 is 1.20 bits per heavy atom. The summed E-state index contributed by atoms with van der Waals surface area (Å²) in [6.45, 7) is 1.75. The Balaban J connectivity index is 2.49. The van der Waals surface area contributed by atoms with Crippen LogP contribution in [0.2, 0.25) is 5.02 Å². The molecule has 2 heterocycles. The van der Waals surface area contributed by atoms with Gasteiger partial charge in [-0.25, -0.2) is 4.98 Å². The average molecular weight is 222 g/mol. The highest BCUT2D eigenvalue weighted by Gasteiger charge is 2.05. The summed E-state index contributed by atoms with van der Waals surface area (Å²) in [7, 11) is 0. The fraction of sp³-hybridized carbons (Fsp3) is 0.111. The maximum atomic E-state index is 5.72. The molecule has 0 amide bonds. The van der Waals surface area contributed by atoms with Crippen LogP contribution < -0.4 is 5.73 Å². The zero-order valence-electron chi connectivity index (χ0n) is 7.98. The van der Waals surface area contributed by atoms with Gasteiger partial charge in [0.2, 0.25) is 5.95 Å². The minimum Gasteiger partial charge on any atom is -0.368 e. The summed E-state index contributed by atoms with van der Waals surface area (Å²) in [4.78, 5) is 16.1. The highest BCUT2D eigenvalue weighted by Crippen LogP contribution is 2.14. The van der Waals surface area contributed by atoms with E-state index in [-0.39, 0.29) is 5.95 Å². The first kappa shape index (κ1) is 9.79. The number of pyridine rings is 1. The minimum atomic E-state index is 0.189. The molecule has 2 aromatic heterocycles. The van der Waals surface area contributed by atoms with Crippen LogP contribution in [0.15, 0.2) is 18.3 Å². The van der Waals surface area contributed by atoms with Crippen LogP contribution in [0.3, 0.4) is 0 Å². The normalized spacial score (nSPS) is 10.3. The van der Waals surface area contributed by atoms with Crippen LogP contribution in [0.25, 0.3) is 11.5 Å². The molecule has 0 aliphatic heterocycles. The zero-order valence-corrected chi connectivity index (χ0v) is 8.73. The van der Waals surface area contributed by atoms with Crippen LogP contribution in [0.4, 0.5) is 5.95 Å². The zero-order chi connectivity index (χ0) is 10.8. The number of anilines is 1. The topological polar surface area (TPSA) is 77.6 Å². The van der Waals surface area contributed by atoms with Gasteiger partial charge in [0.05, 0.1) is 5.02 Å². The monoisotopic (exact) mass is 221 g/mol. The summed E-state index contributed by atoms with van der Waals surface area (Å²) in [6.07, 6.45) is 1.53. The Morgan fingerprint density at radius 2 is 2.00 bits per heavy atom. The lowest BCUT2D eigenvalue weighted by Crippen LogP contribution is -2.02. The van der Waals surface area contributed by atoms with Crippen molar-refractivity contribution in [2.45, 2.75) is 6.92 Å². The van der Waals surface area contributed by atoms with E-state index < -0.39 is 0 Å². The van der Waals surface area contributed by atoms with Crippen LogP contribution in [0, 0.1) is 6.92 Å². The molecule has 0 spiro atoms. The molecule has 0 bridgehead atoms. The molecular weight excluding hydrogens is 214 g/mol. The van der Waals surface area contributed by atoms with Crippen LogP contribution in [-0.4, -0.2) is 19.9 Å². The molecule has 6 heteroatoms. The van der Waals surface area contributed by atoms with Crippen molar-refractivity contribution >= 4 is 17.5 Å². The number of halogens is 1. The second-order valence-corrected chi connectivity index (χ2v) is 3.36. The Morgan fingerprint density at radius 3 is 2.60 bits per heavy atom. The fourth-order valence-corrected chi connectivity index (χ4v) is 1.24. The van der Waals surface area contributed by atoms with E-state index in [2.05, 4.69) is 19.9 Å². The summed E-state index contributed by atoms with van der Waals surface area (Å²) in [5, 5.41) is 0.567. The molecular formula is C9H8ClN5. The number of hydrogen-bond acceptors (Lipinski definition) is 5. The van der Waals surface area contributed by atoms with Crippen molar-refractivity contribution in [1.82, 2.24) is 19.9 Å². The molecule has 0 aromatic carbocycles. The van der Waals surface area contributed by atoms with Gasteiger partial charge in [0.1, 0.15) is 11.5 Å². The van der Waals surface area contributed by atoms with Gasteiger partial charge in [0, 0.05) is 6.20 Å². The number of aromatic nitrogens is 4. The number of nitrogens with two attached hydrogens (primary N) is 1. The molecule has 0 unspecified atom stereocenters. The van der Waals surface area contributed by atoms with Gasteiger partial charge in [-0.05, 0) is 19.1 Å². The van der Waals surface area contributed by atoms with E-state index >= 15 is 0 Å². The molecule has 0 atom stereocenters. The van der Waals surface area contributed by atoms with E-state index in [9.17, 15) is 0 Å². The SMILES string of the molecule is Cc1nc(N)nc(-c2ccc(Cl)cn2)n1. The Kier molecular flexibility index (Phi) is 2.47. The molecule has 76 valence electrons. The van der Waals surface area contributed by atoms with Crippen molar-refractivity contribution in [3.8, 4) is 11.5 Å². The van der Waals surface area contributed by atoms with E-state index in [0.717, 1.165) is 0 Å². The van der Waals surface area contributed by atoms with Gasteiger partial charge in [-0.1, -0.05) is 11.6 Å². The maximum absolute atomic E-state index is 5.72. The second-order valence-electron chi connectivity index (χ2n) is 2.93. The molecule has 0 aliphatic carbocycles. The summed E-state index contributed by atoms with van der Waals surface area (Å²) < 4.78 is 0. The van der Waals surface area contributed by atoms with Crippen LogP contribution in [0.5, 0.6) is 0 Å². The first-order chi connectivity index (χ1) is 7.15. The molecule has 5 nitrogen and oxygen atoms in total. The van der Waals surface area contributed by atoms with Gasteiger partial charge < -0.3 is 5.73 Å². The van der Waals surface area contributed by atoms with Crippen LogP contribution >= 0.6 is 11.6 Å². The molecule has 2 rings (SSSR count). The lowest BCUT2D eigenvalue weighted by Gasteiger charge is -2.01. The summed E-state index contributed by atoms with van der Waals surface area (Å²) in [5.74, 6) is 1.21. The predicted octanol–water partition coefficient (Wildman–Crippen LogP) is 1.48. The number of aryl methyl sites for hydroxylation is 1. The molecule has 2 N–H and O–H groups in total. The van der Waals surface area contributed by atoms with Crippen LogP contribution in [-0.2, 0) is 0 Å². The van der Waals surface area contributed by atoms with E-state index in [1.54, 1.807) is 19.1 Å². The third-order valence-electron chi connectivity index (χ3n) is 1.72. The van der Waals surface area contributed by atoms with Gasteiger partial charge in [-0.15, -0.1) is 0 Å². The molecule has 0 aliphatic rings. The Hall–Kier alpha value is -1.75. The number of rotatable bonds is 1. The summed E-state index contributed by atoms with van der Waals surface area (Å²) >= 11 is 5.72. The highest BCUT2D eigenvalue weighted by atomic mass is 35.5. The largest absolute Gasteiger partial charge is 0.368 e. The Bertz CT molecular complexity index is 462. The quantitative estimate of drug-likeness (QED) is 0.789. The third-order valence-corrected chi connectivity index (χ3v) is 1.94. The van der Waals surface area contributed by atoms with E-state index in [1.807, 2.05) is 0 Å². The van der Waals surface area contributed by atoms with Gasteiger partial charge in [-0.2, -0.15) is 9.97 Å². The third kappa shape index (κ3) is 2.19. The van der Waals surface area contributed by atoms with Crippen molar-refractivity contribution in [2.75, 3.05) is 5.73 Å². The molecule has 0 radical (unpaired) electrons. The number of nitrogen functional groups attached to an aromatic ring is 1. The van der Waals surface area contributed by atoms with Gasteiger partial charge in [0.15, 0.2) is 5.82 Å². The molecule has 0 saturated carbocycles. The molecule has 0 saturated heterocycles. The van der Waals surface area contributed by atoms with Gasteiger partial charge in [0.25, 0.3) is 0 Å². The van der Waals surface area contributed by atoms with E-state index in [0.29, 0.717) is 22.4 Å². The smallest absolute Gasteiger partial charge is 0.223 e. The van der Waals surface area contributed by atoms with Crippen molar-refractivity contribution in [1.29, 1.82) is 0 Å². The maximum Gasteiger partial charge on any atom is 0.223 e. The first-order valence-corrected chi connectivity index (χ1v) is 4.63. The number of nitrogens with zero attached hydrogens (tertiary/aromatic N) is 4. The van der Waals surface area contributed by atoms with Gasteiger partial charge >= 0.3 is 0 Å². The summed E-state index contributed by atoms with van der Waals surface area (Å²) in [5.41, 5.74) is 6.13. The predicted molar refractivity (Wildman–Crippen MR) is 57.2 cm³/mol. The summed E-state index contributed by atoms with van der Waals surface area (Å²) in [6, 6.07) is 3.45. The molecule has 15 heavy (non-hydrogen) atoms. The molecule has 0 fully saturated rings. The van der Waals surface area contributed by atoms with Crippen LogP contribution in [0.1, 0.15) is 5.82 Å². The van der Waals surface area contributed by atoms with Crippen molar-refractivity contribution in [3.63, 3.8) is 0 Å². The average Bonchev–Trinajstić information content (AvgIpc) is 2.17. The second kappa shape index (κ2) is 3.78. The fourth-order valence-electron chi connectivity index (χ4n) is 1.13. The van der Waals surface area contributed by atoms with E-state index in [4.69, 9.17) is 17.3 Å². The number of hydrogen-bond donors (Lipinski definition) is 1.